The fourth-order valence-corrected chi connectivity index (χ4v) is 5.78. The normalized spacial score (nSPS) is 19.8. The minimum Gasteiger partial charge on any atom is -0.377 e. The van der Waals surface area contributed by atoms with E-state index in [1.54, 1.807) is 6.92 Å². The van der Waals surface area contributed by atoms with Crippen molar-refractivity contribution in [1.29, 1.82) is 0 Å². The Balaban J connectivity index is 1.26. The lowest BCUT2D eigenvalue weighted by Gasteiger charge is -2.36. The number of anilines is 2. The fraction of sp³-hybridized carbons (Fsp3) is 0.519. The first-order chi connectivity index (χ1) is 17.1. The molecule has 8 nitrogen and oxygen atoms in total. The van der Waals surface area contributed by atoms with E-state index in [1.165, 1.54) is 19.3 Å². The molecule has 6 rings (SSSR count). The van der Waals surface area contributed by atoms with Crippen LogP contribution in [0.1, 0.15) is 61.5 Å². The molecule has 2 saturated heterocycles. The summed E-state index contributed by atoms with van der Waals surface area (Å²) < 4.78 is 9.33. The van der Waals surface area contributed by atoms with Crippen LogP contribution >= 0.6 is 0 Å². The Bertz CT molecular complexity index is 1280. The number of imidazole rings is 1. The van der Waals surface area contributed by atoms with Crippen molar-refractivity contribution in [2.24, 2.45) is 0 Å². The molecule has 0 radical (unpaired) electrons. The van der Waals surface area contributed by atoms with Gasteiger partial charge < -0.3 is 14.5 Å². The average Bonchev–Trinajstić information content (AvgIpc) is 3.14. The first kappa shape index (κ1) is 22.3. The number of Topliss-reactive ketones (excluding diaryl/α,β-unsaturated/α-hetero) is 1. The zero-order valence-electron chi connectivity index (χ0n) is 20.4. The van der Waals surface area contributed by atoms with E-state index >= 15 is 0 Å². The molecule has 0 amide bonds. The molecule has 2 aliphatic heterocycles. The van der Waals surface area contributed by atoms with E-state index in [2.05, 4.69) is 21.9 Å². The summed E-state index contributed by atoms with van der Waals surface area (Å²) in [4.78, 5) is 34.9. The average molecular weight is 476 g/mol. The van der Waals surface area contributed by atoms with Gasteiger partial charge in [0, 0.05) is 43.5 Å². The van der Waals surface area contributed by atoms with Gasteiger partial charge >= 0.3 is 5.69 Å². The zero-order chi connectivity index (χ0) is 23.9. The number of hydrogen-bond donors (Lipinski definition) is 0. The molecule has 0 spiro atoms. The van der Waals surface area contributed by atoms with E-state index in [4.69, 9.17) is 9.72 Å². The summed E-state index contributed by atoms with van der Waals surface area (Å²) in [5.74, 6) is 1.03. The van der Waals surface area contributed by atoms with E-state index in [1.807, 2.05) is 33.4 Å². The van der Waals surface area contributed by atoms with Crippen LogP contribution in [-0.2, 0) is 4.74 Å². The van der Waals surface area contributed by atoms with Crippen molar-refractivity contribution in [3.8, 4) is 0 Å². The summed E-state index contributed by atoms with van der Waals surface area (Å²) in [6.07, 6.45) is 5.69. The molecule has 1 aromatic carbocycles. The maximum Gasteiger partial charge on any atom is 0.331 e. The van der Waals surface area contributed by atoms with Gasteiger partial charge in [0.15, 0.2) is 11.4 Å². The van der Waals surface area contributed by atoms with E-state index < -0.39 is 0 Å². The number of piperazine rings is 1. The van der Waals surface area contributed by atoms with Crippen molar-refractivity contribution in [1.82, 2.24) is 14.1 Å². The largest absolute Gasteiger partial charge is 0.377 e. The fourth-order valence-electron chi connectivity index (χ4n) is 5.78. The SMILES string of the molecule is CC(=O)c1ccc(N2CCN(c3ccc4c(n3)n(C3CCCCC3)c(=O)n4C3COC3)CC2)cc1. The number of ketones is 1. The molecule has 0 unspecified atom stereocenters. The lowest BCUT2D eigenvalue weighted by molar-refractivity contribution is -0.0233. The quantitative estimate of drug-likeness (QED) is 0.523. The molecule has 0 atom stereocenters. The first-order valence-electron chi connectivity index (χ1n) is 12.9. The van der Waals surface area contributed by atoms with Gasteiger partial charge in [-0.1, -0.05) is 19.3 Å². The molecule has 1 saturated carbocycles. The third kappa shape index (κ3) is 4.03. The summed E-state index contributed by atoms with van der Waals surface area (Å²) in [6, 6.07) is 12.4. The van der Waals surface area contributed by atoms with Gasteiger partial charge in [0.2, 0.25) is 0 Å². The van der Waals surface area contributed by atoms with Gasteiger partial charge in [-0.25, -0.2) is 9.78 Å². The van der Waals surface area contributed by atoms with Crippen molar-refractivity contribution in [3.05, 3.63) is 52.4 Å². The van der Waals surface area contributed by atoms with Gasteiger partial charge in [-0.2, -0.15) is 0 Å². The second kappa shape index (κ2) is 9.15. The van der Waals surface area contributed by atoms with E-state index in [-0.39, 0.29) is 23.6 Å². The Morgan fingerprint density at radius 1 is 0.857 bits per heavy atom. The van der Waals surface area contributed by atoms with Crippen LogP contribution in [0.5, 0.6) is 0 Å². The van der Waals surface area contributed by atoms with Crippen LogP contribution in [0.4, 0.5) is 11.5 Å². The van der Waals surface area contributed by atoms with Crippen LogP contribution in [0.2, 0.25) is 0 Å². The Hall–Kier alpha value is -3.13. The standard InChI is InChI=1S/C27H33N5O3/c1-19(33)20-7-9-21(10-8-20)29-13-15-30(16-14-29)25-12-11-24-26(28-25)32(22-5-3-2-4-6-22)27(34)31(24)23-17-35-18-23/h7-12,22-23H,2-6,13-18H2,1H3. The highest BCUT2D eigenvalue weighted by Gasteiger charge is 2.30. The smallest absolute Gasteiger partial charge is 0.331 e. The van der Waals surface area contributed by atoms with Crippen LogP contribution in [-0.4, -0.2) is 59.3 Å². The third-order valence-corrected chi connectivity index (χ3v) is 7.91. The van der Waals surface area contributed by atoms with Crippen molar-refractivity contribution in [2.45, 2.75) is 51.1 Å². The van der Waals surface area contributed by atoms with Gasteiger partial charge in [-0.05, 0) is 56.2 Å². The van der Waals surface area contributed by atoms with E-state index in [0.29, 0.717) is 13.2 Å². The lowest BCUT2D eigenvalue weighted by Crippen LogP contribution is -2.46. The number of rotatable bonds is 5. The Kier molecular flexibility index (Phi) is 5.84. The van der Waals surface area contributed by atoms with Crippen molar-refractivity contribution in [3.63, 3.8) is 0 Å². The summed E-state index contributed by atoms with van der Waals surface area (Å²) in [5.41, 5.74) is 3.72. The highest BCUT2D eigenvalue weighted by Crippen LogP contribution is 2.32. The van der Waals surface area contributed by atoms with Crippen molar-refractivity contribution >= 4 is 28.5 Å². The molecule has 3 aliphatic rings. The maximum atomic E-state index is 13.6. The molecule has 8 heteroatoms. The van der Waals surface area contributed by atoms with Crippen molar-refractivity contribution in [2.75, 3.05) is 49.2 Å². The summed E-state index contributed by atoms with van der Waals surface area (Å²) >= 11 is 0. The number of carbonyl (C=O) groups excluding carboxylic acids is 1. The maximum absolute atomic E-state index is 13.6. The lowest BCUT2D eigenvalue weighted by atomic mass is 9.95. The third-order valence-electron chi connectivity index (χ3n) is 7.91. The Labute approximate surface area is 205 Å². The van der Waals surface area contributed by atoms with Gasteiger partial charge in [-0.3, -0.25) is 13.9 Å². The minimum atomic E-state index is 0.0728. The van der Waals surface area contributed by atoms with Gasteiger partial charge in [0.1, 0.15) is 5.82 Å². The monoisotopic (exact) mass is 475 g/mol. The molecular formula is C27H33N5O3. The van der Waals surface area contributed by atoms with E-state index in [0.717, 1.165) is 67.3 Å². The van der Waals surface area contributed by atoms with Crippen LogP contribution in [0.25, 0.3) is 11.2 Å². The number of hydrogen-bond acceptors (Lipinski definition) is 6. The topological polar surface area (TPSA) is 72.6 Å². The van der Waals surface area contributed by atoms with Gasteiger partial charge in [0.05, 0.1) is 24.8 Å². The predicted octanol–water partition coefficient (Wildman–Crippen LogP) is 3.80. The molecule has 4 heterocycles. The molecule has 2 aromatic heterocycles. The van der Waals surface area contributed by atoms with Crippen LogP contribution < -0.4 is 15.5 Å². The van der Waals surface area contributed by atoms with Crippen LogP contribution in [0.3, 0.4) is 0 Å². The highest BCUT2D eigenvalue weighted by atomic mass is 16.5. The predicted molar refractivity (Wildman–Crippen MR) is 137 cm³/mol. The molecule has 35 heavy (non-hydrogen) atoms. The molecule has 3 aromatic rings. The Morgan fingerprint density at radius 3 is 2.17 bits per heavy atom. The second-order valence-corrected chi connectivity index (χ2v) is 10.1. The Morgan fingerprint density at radius 2 is 1.54 bits per heavy atom. The molecule has 1 aliphatic carbocycles. The molecule has 184 valence electrons. The number of ether oxygens (including phenoxy) is 1. The number of carbonyl (C=O) groups is 1. The summed E-state index contributed by atoms with van der Waals surface area (Å²) in [5, 5.41) is 0. The number of fused-ring (bicyclic) bond motifs is 1. The number of pyridine rings is 1. The van der Waals surface area contributed by atoms with Crippen LogP contribution in [0.15, 0.2) is 41.2 Å². The first-order valence-corrected chi connectivity index (χ1v) is 12.9. The minimum absolute atomic E-state index is 0.0728. The zero-order valence-corrected chi connectivity index (χ0v) is 20.4. The van der Waals surface area contributed by atoms with E-state index in [9.17, 15) is 9.59 Å². The second-order valence-electron chi connectivity index (χ2n) is 10.1. The van der Waals surface area contributed by atoms with Gasteiger partial charge in [-0.15, -0.1) is 0 Å². The number of benzene rings is 1. The summed E-state index contributed by atoms with van der Waals surface area (Å²) in [7, 11) is 0. The van der Waals surface area contributed by atoms with Gasteiger partial charge in [0.25, 0.3) is 0 Å². The molecular weight excluding hydrogens is 442 g/mol. The van der Waals surface area contributed by atoms with Crippen LogP contribution in [0, 0.1) is 0 Å². The molecule has 3 fully saturated rings. The highest BCUT2D eigenvalue weighted by molar-refractivity contribution is 5.94. The molecule has 0 N–H and O–H groups in total. The van der Waals surface area contributed by atoms with Crippen molar-refractivity contribution < 1.29 is 9.53 Å². The summed E-state index contributed by atoms with van der Waals surface area (Å²) in [6.45, 7) is 6.28. The molecule has 0 bridgehead atoms. The number of aromatic nitrogens is 3. The number of nitrogens with zero attached hydrogens (tertiary/aromatic N) is 5.